The Morgan fingerprint density at radius 2 is 2.00 bits per heavy atom. The summed E-state index contributed by atoms with van der Waals surface area (Å²) in [4.78, 5) is 13.6. The van der Waals surface area contributed by atoms with Crippen molar-refractivity contribution in [1.82, 2.24) is 4.90 Å². The molecule has 0 aliphatic carbocycles. The second kappa shape index (κ2) is 7.53. The number of hydrogen-bond donors (Lipinski definition) is 1. The number of aliphatic hydroxyl groups excluding tert-OH is 1. The molecule has 1 aliphatic rings. The average Bonchev–Trinajstić information content (AvgIpc) is 2.48. The standard InChI is InChI=1S/C14H19NO3S/c16-13(14(17)15-6-8-18-9-7-15)11-19-10-12-4-2-1-3-5-12/h1-5,13,16H,6-11H2/t13-/m0/s1. The van der Waals surface area contributed by atoms with E-state index in [2.05, 4.69) is 0 Å². The summed E-state index contributed by atoms with van der Waals surface area (Å²) in [6, 6.07) is 10.0. The van der Waals surface area contributed by atoms with E-state index in [1.165, 1.54) is 5.56 Å². The Balaban J connectivity index is 1.71. The van der Waals surface area contributed by atoms with Crippen LogP contribution in [0.5, 0.6) is 0 Å². The monoisotopic (exact) mass is 281 g/mol. The molecule has 1 N–H and O–H groups in total. The van der Waals surface area contributed by atoms with Gasteiger partial charge in [-0.1, -0.05) is 30.3 Å². The van der Waals surface area contributed by atoms with Gasteiger partial charge in [-0.15, -0.1) is 0 Å². The molecule has 104 valence electrons. The number of rotatable bonds is 5. The predicted octanol–water partition coefficient (Wildman–Crippen LogP) is 1.14. The highest BCUT2D eigenvalue weighted by atomic mass is 32.2. The van der Waals surface area contributed by atoms with Crippen molar-refractivity contribution in [2.45, 2.75) is 11.9 Å². The highest BCUT2D eigenvalue weighted by Gasteiger charge is 2.23. The van der Waals surface area contributed by atoms with Crippen LogP contribution in [-0.2, 0) is 15.3 Å². The minimum atomic E-state index is -0.910. The molecule has 0 unspecified atom stereocenters. The predicted molar refractivity (Wildman–Crippen MR) is 76.0 cm³/mol. The van der Waals surface area contributed by atoms with Crippen LogP contribution in [0.4, 0.5) is 0 Å². The normalized spacial score (nSPS) is 17.2. The summed E-state index contributed by atoms with van der Waals surface area (Å²) in [5, 5.41) is 9.90. The van der Waals surface area contributed by atoms with Crippen LogP contribution in [0.25, 0.3) is 0 Å². The molecule has 1 fully saturated rings. The molecule has 0 spiro atoms. The van der Waals surface area contributed by atoms with Gasteiger partial charge in [0.15, 0.2) is 0 Å². The van der Waals surface area contributed by atoms with Crippen molar-refractivity contribution in [2.75, 3.05) is 32.1 Å². The van der Waals surface area contributed by atoms with E-state index in [4.69, 9.17) is 4.74 Å². The Morgan fingerprint density at radius 3 is 2.68 bits per heavy atom. The molecule has 0 aromatic heterocycles. The highest BCUT2D eigenvalue weighted by molar-refractivity contribution is 7.98. The van der Waals surface area contributed by atoms with E-state index in [1.807, 2.05) is 30.3 Å². The fourth-order valence-corrected chi connectivity index (χ4v) is 2.84. The van der Waals surface area contributed by atoms with Crippen LogP contribution in [0.15, 0.2) is 30.3 Å². The first kappa shape index (κ1) is 14.4. The van der Waals surface area contributed by atoms with E-state index in [0.29, 0.717) is 32.1 Å². The number of morpholine rings is 1. The summed E-state index contributed by atoms with van der Waals surface area (Å²) < 4.78 is 5.19. The number of benzene rings is 1. The zero-order chi connectivity index (χ0) is 13.5. The van der Waals surface area contributed by atoms with E-state index in [9.17, 15) is 9.90 Å². The number of amides is 1. The second-order valence-electron chi connectivity index (χ2n) is 4.45. The van der Waals surface area contributed by atoms with E-state index in [0.717, 1.165) is 5.75 Å². The van der Waals surface area contributed by atoms with Crippen molar-refractivity contribution in [3.8, 4) is 0 Å². The molecule has 4 nitrogen and oxygen atoms in total. The zero-order valence-corrected chi connectivity index (χ0v) is 11.6. The molecule has 1 aromatic rings. The van der Waals surface area contributed by atoms with Gasteiger partial charge in [0.05, 0.1) is 13.2 Å². The molecule has 1 amide bonds. The number of carbonyl (C=O) groups is 1. The number of nitrogens with zero attached hydrogens (tertiary/aromatic N) is 1. The number of carbonyl (C=O) groups excluding carboxylic acids is 1. The van der Waals surface area contributed by atoms with E-state index in [-0.39, 0.29) is 5.91 Å². The minimum absolute atomic E-state index is 0.177. The van der Waals surface area contributed by atoms with Crippen molar-refractivity contribution in [2.24, 2.45) is 0 Å². The van der Waals surface area contributed by atoms with Crippen LogP contribution < -0.4 is 0 Å². The van der Waals surface area contributed by atoms with Crippen LogP contribution in [0.1, 0.15) is 5.56 Å². The lowest BCUT2D eigenvalue weighted by Gasteiger charge is -2.28. The molecule has 0 radical (unpaired) electrons. The first-order chi connectivity index (χ1) is 9.27. The molecular weight excluding hydrogens is 262 g/mol. The smallest absolute Gasteiger partial charge is 0.252 e. The Morgan fingerprint density at radius 1 is 1.32 bits per heavy atom. The summed E-state index contributed by atoms with van der Waals surface area (Å²) >= 11 is 1.58. The van der Waals surface area contributed by atoms with Crippen LogP contribution in [0.2, 0.25) is 0 Å². The maximum atomic E-state index is 11.9. The molecular formula is C14H19NO3S. The van der Waals surface area contributed by atoms with Crippen molar-refractivity contribution >= 4 is 17.7 Å². The van der Waals surface area contributed by atoms with Crippen molar-refractivity contribution in [1.29, 1.82) is 0 Å². The maximum absolute atomic E-state index is 11.9. The van der Waals surface area contributed by atoms with Crippen LogP contribution >= 0.6 is 11.8 Å². The van der Waals surface area contributed by atoms with Gasteiger partial charge in [-0.05, 0) is 5.56 Å². The SMILES string of the molecule is O=C([C@@H](O)CSCc1ccccc1)N1CCOCC1. The fraction of sp³-hybridized carbons (Fsp3) is 0.500. The van der Waals surface area contributed by atoms with Crippen LogP contribution in [-0.4, -0.2) is 54.1 Å². The minimum Gasteiger partial charge on any atom is -0.382 e. The third-order valence-electron chi connectivity index (χ3n) is 3.00. The van der Waals surface area contributed by atoms with Gasteiger partial charge < -0.3 is 14.7 Å². The topological polar surface area (TPSA) is 49.8 Å². The molecule has 1 atom stereocenters. The van der Waals surface area contributed by atoms with Gasteiger partial charge in [-0.3, -0.25) is 4.79 Å². The average molecular weight is 281 g/mol. The van der Waals surface area contributed by atoms with E-state index >= 15 is 0 Å². The summed E-state index contributed by atoms with van der Waals surface area (Å²) in [7, 11) is 0. The summed E-state index contributed by atoms with van der Waals surface area (Å²) in [5.74, 6) is 1.07. The number of ether oxygens (including phenoxy) is 1. The van der Waals surface area contributed by atoms with Gasteiger partial charge in [0.1, 0.15) is 6.10 Å². The summed E-state index contributed by atoms with van der Waals surface area (Å²) in [6.07, 6.45) is -0.910. The van der Waals surface area contributed by atoms with Crippen molar-refractivity contribution in [3.63, 3.8) is 0 Å². The lowest BCUT2D eigenvalue weighted by Crippen LogP contribution is -2.46. The Hall–Kier alpha value is -1.04. The van der Waals surface area contributed by atoms with Crippen molar-refractivity contribution in [3.05, 3.63) is 35.9 Å². The quantitative estimate of drug-likeness (QED) is 0.879. The van der Waals surface area contributed by atoms with Crippen LogP contribution in [0.3, 0.4) is 0 Å². The molecule has 19 heavy (non-hydrogen) atoms. The fourth-order valence-electron chi connectivity index (χ4n) is 1.93. The second-order valence-corrected chi connectivity index (χ2v) is 5.48. The largest absolute Gasteiger partial charge is 0.382 e. The molecule has 1 heterocycles. The first-order valence-electron chi connectivity index (χ1n) is 6.43. The maximum Gasteiger partial charge on any atom is 0.252 e. The Bertz CT molecular complexity index is 393. The molecule has 0 saturated carbocycles. The first-order valence-corrected chi connectivity index (χ1v) is 7.59. The van der Waals surface area contributed by atoms with Gasteiger partial charge in [0, 0.05) is 24.6 Å². The molecule has 1 saturated heterocycles. The molecule has 1 aromatic carbocycles. The van der Waals surface area contributed by atoms with Crippen LogP contribution in [0, 0.1) is 0 Å². The third kappa shape index (κ3) is 4.53. The van der Waals surface area contributed by atoms with Gasteiger partial charge in [-0.25, -0.2) is 0 Å². The zero-order valence-electron chi connectivity index (χ0n) is 10.8. The van der Waals surface area contributed by atoms with E-state index < -0.39 is 6.10 Å². The van der Waals surface area contributed by atoms with E-state index in [1.54, 1.807) is 16.7 Å². The molecule has 1 aliphatic heterocycles. The molecule has 5 heteroatoms. The molecule has 0 bridgehead atoms. The number of thioether (sulfide) groups is 1. The van der Waals surface area contributed by atoms with Gasteiger partial charge in [0.25, 0.3) is 5.91 Å². The lowest BCUT2D eigenvalue weighted by molar-refractivity contribution is -0.143. The summed E-state index contributed by atoms with van der Waals surface area (Å²) in [5.41, 5.74) is 1.21. The van der Waals surface area contributed by atoms with Gasteiger partial charge >= 0.3 is 0 Å². The van der Waals surface area contributed by atoms with Crippen molar-refractivity contribution < 1.29 is 14.6 Å². The Labute approximate surface area is 117 Å². The van der Waals surface area contributed by atoms with Gasteiger partial charge in [-0.2, -0.15) is 11.8 Å². The summed E-state index contributed by atoms with van der Waals surface area (Å²) in [6.45, 7) is 2.30. The third-order valence-corrected chi connectivity index (χ3v) is 4.08. The highest BCUT2D eigenvalue weighted by Crippen LogP contribution is 2.14. The lowest BCUT2D eigenvalue weighted by atomic mass is 10.2. The number of hydrogen-bond acceptors (Lipinski definition) is 4. The Kier molecular flexibility index (Phi) is 5.69. The molecule has 2 rings (SSSR count). The number of aliphatic hydroxyl groups is 1. The van der Waals surface area contributed by atoms with Gasteiger partial charge in [0.2, 0.25) is 0 Å².